The third-order valence-electron chi connectivity index (χ3n) is 2.64. The summed E-state index contributed by atoms with van der Waals surface area (Å²) in [4.78, 5) is -1.00. The molecule has 0 spiro atoms. The lowest BCUT2D eigenvalue weighted by Gasteiger charge is -2.08. The van der Waals surface area contributed by atoms with Gasteiger partial charge in [0.1, 0.15) is 16.5 Å². The van der Waals surface area contributed by atoms with Gasteiger partial charge in [0.15, 0.2) is 9.84 Å². The molecule has 0 amide bonds. The third-order valence-corrected chi connectivity index (χ3v) is 5.16. The van der Waals surface area contributed by atoms with Crippen molar-refractivity contribution >= 4 is 19.9 Å². The summed E-state index contributed by atoms with van der Waals surface area (Å²) in [6.45, 7) is -0.169. The molecule has 1 N–H and O–H groups in total. The lowest BCUT2D eigenvalue weighted by Crippen LogP contribution is -2.24. The molecule has 0 atom stereocenters. The first kappa shape index (κ1) is 15.7. The Hall–Kier alpha value is -1.71. The highest BCUT2D eigenvalue weighted by molar-refractivity contribution is 7.91. The van der Waals surface area contributed by atoms with Crippen LogP contribution in [0.3, 0.4) is 0 Å². The maximum atomic E-state index is 13.7. The van der Waals surface area contributed by atoms with Gasteiger partial charge in [0.05, 0.1) is 17.7 Å². The van der Waals surface area contributed by atoms with Gasteiger partial charge < -0.3 is 4.42 Å². The summed E-state index contributed by atoms with van der Waals surface area (Å²) in [7, 11) is -7.84. The number of sulfone groups is 1. The van der Waals surface area contributed by atoms with Crippen molar-refractivity contribution in [1.82, 2.24) is 4.72 Å². The van der Waals surface area contributed by atoms with E-state index in [1.54, 1.807) is 12.1 Å². The van der Waals surface area contributed by atoms with Crippen LogP contribution in [0.2, 0.25) is 0 Å². The van der Waals surface area contributed by atoms with Gasteiger partial charge in [-0.05, 0) is 30.3 Å². The molecule has 0 aliphatic heterocycles. The minimum absolute atomic E-state index is 0.169. The van der Waals surface area contributed by atoms with Crippen molar-refractivity contribution in [3.05, 3.63) is 48.2 Å². The van der Waals surface area contributed by atoms with Crippen LogP contribution in [0.25, 0.3) is 0 Å². The van der Waals surface area contributed by atoms with Crippen LogP contribution in [0.1, 0.15) is 5.76 Å². The summed E-state index contributed by atoms with van der Waals surface area (Å²) in [6, 6.07) is 5.73. The molecule has 0 bridgehead atoms. The van der Waals surface area contributed by atoms with Gasteiger partial charge in [-0.15, -0.1) is 0 Å². The highest BCUT2D eigenvalue weighted by Crippen LogP contribution is 2.19. The van der Waals surface area contributed by atoms with Crippen LogP contribution in [-0.4, -0.2) is 23.1 Å². The molecule has 114 valence electrons. The standard InChI is InChI=1S/C12H12FNO5S2/c1-20(15,16)10-4-5-11(13)12(7-10)21(17,18)14-8-9-3-2-6-19-9/h2-7,14H,8H2,1H3. The zero-order chi connectivity index (χ0) is 15.7. The largest absolute Gasteiger partial charge is 0.468 e. The van der Waals surface area contributed by atoms with E-state index in [9.17, 15) is 21.2 Å². The van der Waals surface area contributed by atoms with Crippen LogP contribution < -0.4 is 4.72 Å². The molecule has 1 aromatic carbocycles. The number of halogens is 1. The lowest BCUT2D eigenvalue weighted by atomic mass is 10.3. The molecule has 0 saturated heterocycles. The van der Waals surface area contributed by atoms with Crippen molar-refractivity contribution in [2.45, 2.75) is 16.3 Å². The number of furan rings is 1. The quantitative estimate of drug-likeness (QED) is 0.833. The van der Waals surface area contributed by atoms with Gasteiger partial charge in [-0.2, -0.15) is 0 Å². The SMILES string of the molecule is CS(=O)(=O)c1ccc(F)c(S(=O)(=O)NCc2ccco2)c1. The summed E-state index contributed by atoms with van der Waals surface area (Å²) in [6.07, 6.45) is 2.28. The normalized spacial score (nSPS) is 12.5. The number of hydrogen-bond acceptors (Lipinski definition) is 5. The fraction of sp³-hybridized carbons (Fsp3) is 0.167. The zero-order valence-corrected chi connectivity index (χ0v) is 12.5. The number of rotatable bonds is 5. The lowest BCUT2D eigenvalue weighted by molar-refractivity contribution is 0.496. The molecule has 21 heavy (non-hydrogen) atoms. The van der Waals surface area contributed by atoms with Crippen LogP contribution in [0.4, 0.5) is 4.39 Å². The van der Waals surface area contributed by atoms with Crippen molar-refractivity contribution in [1.29, 1.82) is 0 Å². The fourth-order valence-electron chi connectivity index (χ4n) is 1.58. The van der Waals surface area contributed by atoms with E-state index in [-0.39, 0.29) is 11.4 Å². The van der Waals surface area contributed by atoms with Crippen LogP contribution >= 0.6 is 0 Å². The van der Waals surface area contributed by atoms with Crippen molar-refractivity contribution in [3.63, 3.8) is 0 Å². The molecule has 2 rings (SSSR count). The first-order valence-electron chi connectivity index (χ1n) is 5.72. The van der Waals surface area contributed by atoms with Gasteiger partial charge in [0.2, 0.25) is 10.0 Å². The van der Waals surface area contributed by atoms with Crippen molar-refractivity contribution in [3.8, 4) is 0 Å². The van der Waals surface area contributed by atoms with Gasteiger partial charge in [-0.3, -0.25) is 0 Å². The topological polar surface area (TPSA) is 93.5 Å². The van der Waals surface area contributed by atoms with E-state index < -0.39 is 30.6 Å². The second kappa shape index (κ2) is 5.58. The Morgan fingerprint density at radius 3 is 2.48 bits per heavy atom. The van der Waals surface area contributed by atoms with E-state index in [4.69, 9.17) is 4.42 Å². The van der Waals surface area contributed by atoms with E-state index in [2.05, 4.69) is 4.72 Å². The fourth-order valence-corrected chi connectivity index (χ4v) is 3.39. The van der Waals surface area contributed by atoms with E-state index >= 15 is 0 Å². The molecule has 0 radical (unpaired) electrons. The van der Waals surface area contributed by atoms with Crippen LogP contribution in [0.15, 0.2) is 50.8 Å². The molecule has 9 heteroatoms. The van der Waals surface area contributed by atoms with Crippen molar-refractivity contribution < 1.29 is 25.6 Å². The second-order valence-electron chi connectivity index (χ2n) is 4.27. The molecule has 6 nitrogen and oxygen atoms in total. The van der Waals surface area contributed by atoms with E-state index in [1.807, 2.05) is 0 Å². The number of sulfonamides is 1. The average molecular weight is 333 g/mol. The summed E-state index contributed by atoms with van der Waals surface area (Å²) in [5.74, 6) is -0.687. The van der Waals surface area contributed by atoms with Gasteiger partial charge in [-0.25, -0.2) is 25.9 Å². The molecule has 0 fully saturated rings. The molecule has 1 heterocycles. The number of nitrogens with one attached hydrogen (secondary N) is 1. The van der Waals surface area contributed by atoms with Gasteiger partial charge in [-0.1, -0.05) is 0 Å². The summed E-state index contributed by atoms with van der Waals surface area (Å²) >= 11 is 0. The van der Waals surface area contributed by atoms with Gasteiger partial charge in [0, 0.05) is 6.26 Å². The Balaban J connectivity index is 2.35. The Morgan fingerprint density at radius 1 is 1.19 bits per heavy atom. The Kier molecular flexibility index (Phi) is 4.17. The predicted octanol–water partition coefficient (Wildman–Crippen LogP) is 1.30. The molecular formula is C12H12FNO5S2. The minimum atomic E-state index is -4.20. The van der Waals surface area contributed by atoms with Gasteiger partial charge in [0.25, 0.3) is 0 Å². The monoisotopic (exact) mass is 333 g/mol. The second-order valence-corrected chi connectivity index (χ2v) is 8.02. The molecule has 0 unspecified atom stereocenters. The van der Waals surface area contributed by atoms with Crippen LogP contribution in [0.5, 0.6) is 0 Å². The van der Waals surface area contributed by atoms with E-state index in [0.29, 0.717) is 5.76 Å². The summed E-state index contributed by atoms with van der Waals surface area (Å²) in [5.41, 5.74) is 0. The van der Waals surface area contributed by atoms with Crippen LogP contribution in [-0.2, 0) is 26.4 Å². The van der Waals surface area contributed by atoms with Crippen molar-refractivity contribution in [2.75, 3.05) is 6.26 Å². The average Bonchev–Trinajstić information content (AvgIpc) is 2.88. The van der Waals surface area contributed by atoms with E-state index in [0.717, 1.165) is 24.5 Å². The van der Waals surface area contributed by atoms with E-state index in [1.165, 1.54) is 6.26 Å². The maximum Gasteiger partial charge on any atom is 0.243 e. The first-order chi connectivity index (χ1) is 9.70. The molecule has 0 aliphatic rings. The van der Waals surface area contributed by atoms with Crippen molar-refractivity contribution in [2.24, 2.45) is 0 Å². The smallest absolute Gasteiger partial charge is 0.243 e. The number of benzene rings is 1. The molecule has 2 aromatic rings. The Labute approximate surface area is 121 Å². The minimum Gasteiger partial charge on any atom is -0.468 e. The zero-order valence-electron chi connectivity index (χ0n) is 10.9. The van der Waals surface area contributed by atoms with Crippen LogP contribution in [0, 0.1) is 5.82 Å². The predicted molar refractivity (Wildman–Crippen MR) is 72.2 cm³/mol. The first-order valence-corrected chi connectivity index (χ1v) is 9.09. The Bertz CT molecular complexity index is 842. The molecule has 0 saturated carbocycles. The molecule has 0 aliphatic carbocycles. The molecular weight excluding hydrogens is 321 g/mol. The summed E-state index contributed by atoms with van der Waals surface area (Å²) < 4.78 is 67.7. The Morgan fingerprint density at radius 2 is 1.90 bits per heavy atom. The van der Waals surface area contributed by atoms with Gasteiger partial charge >= 0.3 is 0 Å². The highest BCUT2D eigenvalue weighted by atomic mass is 32.2. The third kappa shape index (κ3) is 3.69. The highest BCUT2D eigenvalue weighted by Gasteiger charge is 2.22. The summed E-state index contributed by atoms with van der Waals surface area (Å²) in [5, 5.41) is 0. The maximum absolute atomic E-state index is 13.7. The molecule has 1 aromatic heterocycles. The number of hydrogen-bond donors (Lipinski definition) is 1.